The zero-order valence-corrected chi connectivity index (χ0v) is 12.6. The number of hydrogen-bond donors (Lipinski definition) is 2. The summed E-state index contributed by atoms with van der Waals surface area (Å²) in [5, 5.41) is 9.70. The second-order valence-electron chi connectivity index (χ2n) is 4.66. The largest absolute Gasteiger partial charge is 0.308 e. The van der Waals surface area contributed by atoms with Gasteiger partial charge in [-0.25, -0.2) is 0 Å². The van der Waals surface area contributed by atoms with Crippen LogP contribution >= 0.6 is 11.8 Å². The van der Waals surface area contributed by atoms with Crippen LogP contribution in [0.25, 0.3) is 0 Å². The molecule has 0 spiro atoms. The molecule has 0 aliphatic carbocycles. The lowest BCUT2D eigenvalue weighted by molar-refractivity contribution is -0.113. The topological polar surface area (TPSA) is 57.8 Å². The smallest absolute Gasteiger partial charge is 0.235 e. The molecule has 1 aromatic heterocycles. The van der Waals surface area contributed by atoms with Crippen LogP contribution in [0.15, 0.2) is 30.3 Å². The van der Waals surface area contributed by atoms with E-state index in [1.165, 1.54) is 11.1 Å². The Morgan fingerprint density at radius 3 is 2.75 bits per heavy atom. The quantitative estimate of drug-likeness (QED) is 0.859. The van der Waals surface area contributed by atoms with E-state index in [-0.39, 0.29) is 5.91 Å². The van der Waals surface area contributed by atoms with Crippen molar-refractivity contribution in [3.05, 3.63) is 47.2 Å². The Labute approximate surface area is 123 Å². The number of thioether (sulfide) groups is 1. The van der Waals surface area contributed by atoms with Gasteiger partial charge in [0.25, 0.3) is 0 Å². The lowest BCUT2D eigenvalue weighted by Crippen LogP contribution is -2.14. The summed E-state index contributed by atoms with van der Waals surface area (Å²) in [6.45, 7) is 4.11. The summed E-state index contributed by atoms with van der Waals surface area (Å²) in [4.78, 5) is 11.8. The fraction of sp³-hybridized carbons (Fsp3) is 0.333. The molecule has 0 saturated carbocycles. The number of carbonyl (C=O) groups excluding carboxylic acids is 1. The lowest BCUT2D eigenvalue weighted by Gasteiger charge is -2.03. The molecule has 5 heteroatoms. The number of nitrogens with one attached hydrogen (secondary N) is 2. The zero-order valence-electron chi connectivity index (χ0n) is 11.8. The Kier molecular flexibility index (Phi) is 5.24. The number of hydrogen-bond acceptors (Lipinski definition) is 3. The predicted molar refractivity (Wildman–Crippen MR) is 83.9 cm³/mol. The first-order chi connectivity index (χ1) is 9.67. The van der Waals surface area contributed by atoms with Crippen LogP contribution in [-0.4, -0.2) is 21.9 Å². The number of carbonyl (C=O) groups is 1. The molecule has 0 bridgehead atoms. The summed E-state index contributed by atoms with van der Waals surface area (Å²) >= 11 is 1.60. The van der Waals surface area contributed by atoms with Gasteiger partial charge in [0.2, 0.25) is 5.91 Å². The predicted octanol–water partition coefficient (Wildman–Crippen LogP) is 3.15. The summed E-state index contributed by atoms with van der Waals surface area (Å²) in [7, 11) is 0. The van der Waals surface area contributed by atoms with E-state index in [2.05, 4.69) is 46.7 Å². The standard InChI is InChI=1S/C15H19N3OS/c1-3-13-8-14(18-17-13)16-15(19)10-20-9-12-6-4-11(2)5-7-12/h4-8H,3,9-10H2,1-2H3,(H2,16,17,18,19). The van der Waals surface area contributed by atoms with Crippen molar-refractivity contribution in [2.45, 2.75) is 26.0 Å². The molecule has 106 valence electrons. The molecule has 1 aromatic carbocycles. The van der Waals surface area contributed by atoms with Gasteiger partial charge in [0.05, 0.1) is 5.75 Å². The van der Waals surface area contributed by atoms with Crippen LogP contribution in [0.2, 0.25) is 0 Å². The van der Waals surface area contributed by atoms with E-state index in [9.17, 15) is 4.79 Å². The van der Waals surface area contributed by atoms with Crippen LogP contribution in [0.1, 0.15) is 23.7 Å². The summed E-state index contributed by atoms with van der Waals surface area (Å²) in [5.41, 5.74) is 3.51. The second-order valence-corrected chi connectivity index (χ2v) is 5.64. The van der Waals surface area contributed by atoms with Crippen molar-refractivity contribution in [2.24, 2.45) is 0 Å². The average molecular weight is 289 g/mol. The van der Waals surface area contributed by atoms with Crippen molar-refractivity contribution in [3.8, 4) is 0 Å². The minimum atomic E-state index is -0.0173. The van der Waals surface area contributed by atoms with Crippen LogP contribution in [0.4, 0.5) is 5.82 Å². The molecule has 0 atom stereocenters. The van der Waals surface area contributed by atoms with E-state index >= 15 is 0 Å². The van der Waals surface area contributed by atoms with Gasteiger partial charge in [-0.1, -0.05) is 36.8 Å². The van der Waals surface area contributed by atoms with Crippen molar-refractivity contribution in [3.63, 3.8) is 0 Å². The van der Waals surface area contributed by atoms with Gasteiger partial charge in [-0.05, 0) is 18.9 Å². The van der Waals surface area contributed by atoms with Crippen LogP contribution in [0, 0.1) is 6.92 Å². The van der Waals surface area contributed by atoms with Crippen LogP contribution < -0.4 is 5.32 Å². The van der Waals surface area contributed by atoms with Gasteiger partial charge in [-0.15, -0.1) is 11.8 Å². The first kappa shape index (κ1) is 14.7. The summed E-state index contributed by atoms with van der Waals surface area (Å²) in [6, 6.07) is 10.2. The Hall–Kier alpha value is -1.75. The molecule has 1 heterocycles. The third-order valence-electron chi connectivity index (χ3n) is 2.90. The second kappa shape index (κ2) is 7.14. The molecule has 0 saturated heterocycles. The molecule has 0 fully saturated rings. The minimum absolute atomic E-state index is 0.0173. The van der Waals surface area contributed by atoms with Crippen molar-refractivity contribution >= 4 is 23.5 Å². The summed E-state index contributed by atoms with van der Waals surface area (Å²) in [6.07, 6.45) is 0.880. The Morgan fingerprint density at radius 1 is 1.35 bits per heavy atom. The molecule has 0 aliphatic heterocycles. The maximum Gasteiger partial charge on any atom is 0.235 e. The van der Waals surface area contributed by atoms with Crippen LogP contribution in [0.3, 0.4) is 0 Å². The van der Waals surface area contributed by atoms with E-state index in [0.29, 0.717) is 11.6 Å². The van der Waals surface area contributed by atoms with E-state index in [4.69, 9.17) is 0 Å². The van der Waals surface area contributed by atoms with Gasteiger partial charge in [0.1, 0.15) is 0 Å². The SMILES string of the molecule is CCc1cc(NC(=O)CSCc2ccc(C)cc2)n[nH]1. The highest BCUT2D eigenvalue weighted by molar-refractivity contribution is 7.99. The van der Waals surface area contributed by atoms with E-state index in [1.807, 2.05) is 13.0 Å². The van der Waals surface area contributed by atoms with E-state index in [0.717, 1.165) is 17.9 Å². The first-order valence-corrected chi connectivity index (χ1v) is 7.80. The molecule has 20 heavy (non-hydrogen) atoms. The summed E-state index contributed by atoms with van der Waals surface area (Å²) in [5.74, 6) is 1.86. The molecule has 0 aliphatic rings. The maximum atomic E-state index is 11.8. The van der Waals surface area contributed by atoms with Gasteiger partial charge in [-0.2, -0.15) is 5.10 Å². The van der Waals surface area contributed by atoms with E-state index < -0.39 is 0 Å². The average Bonchev–Trinajstić information content (AvgIpc) is 2.88. The number of amides is 1. The highest BCUT2D eigenvalue weighted by Crippen LogP contribution is 2.13. The fourth-order valence-corrected chi connectivity index (χ4v) is 2.52. The third-order valence-corrected chi connectivity index (χ3v) is 3.91. The molecule has 0 unspecified atom stereocenters. The monoisotopic (exact) mass is 289 g/mol. The third kappa shape index (κ3) is 4.42. The number of anilines is 1. The maximum absolute atomic E-state index is 11.8. The van der Waals surface area contributed by atoms with Crippen molar-refractivity contribution < 1.29 is 4.79 Å². The highest BCUT2D eigenvalue weighted by atomic mass is 32.2. The highest BCUT2D eigenvalue weighted by Gasteiger charge is 2.05. The van der Waals surface area contributed by atoms with Crippen LogP contribution in [0.5, 0.6) is 0 Å². The lowest BCUT2D eigenvalue weighted by atomic mass is 10.2. The van der Waals surface area contributed by atoms with Crippen molar-refractivity contribution in [1.82, 2.24) is 10.2 Å². The first-order valence-electron chi connectivity index (χ1n) is 6.65. The number of H-pyrrole nitrogens is 1. The molecule has 0 radical (unpaired) electrons. The number of rotatable bonds is 6. The Balaban J connectivity index is 1.73. The number of nitrogens with zero attached hydrogens (tertiary/aromatic N) is 1. The summed E-state index contributed by atoms with van der Waals surface area (Å²) < 4.78 is 0. The van der Waals surface area contributed by atoms with Gasteiger partial charge >= 0.3 is 0 Å². The van der Waals surface area contributed by atoms with Crippen molar-refractivity contribution in [1.29, 1.82) is 0 Å². The fourth-order valence-electron chi connectivity index (χ4n) is 1.73. The van der Waals surface area contributed by atoms with Crippen molar-refractivity contribution in [2.75, 3.05) is 11.1 Å². The van der Waals surface area contributed by atoms with Gasteiger partial charge in [0, 0.05) is 17.5 Å². The zero-order chi connectivity index (χ0) is 14.4. The van der Waals surface area contributed by atoms with E-state index in [1.54, 1.807) is 11.8 Å². The van der Waals surface area contributed by atoms with Gasteiger partial charge < -0.3 is 5.32 Å². The minimum Gasteiger partial charge on any atom is -0.308 e. The Morgan fingerprint density at radius 2 is 2.10 bits per heavy atom. The number of benzene rings is 1. The number of aromatic nitrogens is 2. The molecular formula is C15H19N3OS. The van der Waals surface area contributed by atoms with Gasteiger partial charge in [0.15, 0.2) is 5.82 Å². The molecule has 4 nitrogen and oxygen atoms in total. The van der Waals surface area contributed by atoms with Gasteiger partial charge in [-0.3, -0.25) is 9.89 Å². The van der Waals surface area contributed by atoms with Crippen LogP contribution in [-0.2, 0) is 17.0 Å². The molecule has 2 rings (SSSR count). The normalized spacial score (nSPS) is 10.5. The molecular weight excluding hydrogens is 270 g/mol. The Bertz CT molecular complexity index is 563. The molecule has 2 N–H and O–H groups in total. The molecule has 1 amide bonds. The number of aryl methyl sites for hydroxylation is 2. The molecule has 2 aromatic rings. The number of aromatic amines is 1.